The summed E-state index contributed by atoms with van der Waals surface area (Å²) in [5.41, 5.74) is 6.97. The molecule has 0 atom stereocenters. The number of nitrogens with two attached hydrogens (primary N) is 1. The highest BCUT2D eigenvalue weighted by molar-refractivity contribution is 7.92. The quantitative estimate of drug-likeness (QED) is 0.822. The smallest absolute Gasteiger partial charge is 0.232 e. The Hall–Kier alpha value is -1.07. The van der Waals surface area contributed by atoms with Crippen molar-refractivity contribution in [2.75, 3.05) is 10.5 Å². The van der Waals surface area contributed by atoms with E-state index in [9.17, 15) is 8.42 Å². The van der Waals surface area contributed by atoms with Gasteiger partial charge in [-0.3, -0.25) is 4.72 Å². The Morgan fingerprint density at radius 3 is 2.62 bits per heavy atom. The highest BCUT2D eigenvalue weighted by Gasteiger charge is 2.12. The first-order chi connectivity index (χ1) is 7.43. The van der Waals surface area contributed by atoms with Crippen LogP contribution >= 0.6 is 0 Å². The maximum absolute atomic E-state index is 11.7. The zero-order chi connectivity index (χ0) is 12.2. The van der Waals surface area contributed by atoms with E-state index in [1.54, 1.807) is 18.2 Å². The second-order valence-electron chi connectivity index (χ2n) is 4.18. The summed E-state index contributed by atoms with van der Waals surface area (Å²) >= 11 is 0. The summed E-state index contributed by atoms with van der Waals surface area (Å²) in [7, 11) is -3.25. The monoisotopic (exact) mass is 242 g/mol. The Morgan fingerprint density at radius 1 is 1.38 bits per heavy atom. The van der Waals surface area contributed by atoms with Crippen molar-refractivity contribution in [3.05, 3.63) is 29.8 Å². The van der Waals surface area contributed by atoms with Crippen molar-refractivity contribution in [1.29, 1.82) is 0 Å². The molecule has 1 aromatic carbocycles. The SMILES string of the molecule is CC(C)CS(=O)(=O)Nc1cccc(CN)c1. The van der Waals surface area contributed by atoms with E-state index in [1.807, 2.05) is 19.9 Å². The molecular formula is C11H18N2O2S. The Labute approximate surface area is 96.9 Å². The van der Waals surface area contributed by atoms with Crippen LogP contribution in [0.15, 0.2) is 24.3 Å². The standard InChI is InChI=1S/C11H18N2O2S/c1-9(2)8-16(14,15)13-11-5-3-4-10(6-11)7-12/h3-6,9,13H,7-8,12H2,1-2H3. The number of benzene rings is 1. The maximum Gasteiger partial charge on any atom is 0.232 e. The van der Waals surface area contributed by atoms with Crippen LogP contribution < -0.4 is 10.5 Å². The molecular weight excluding hydrogens is 224 g/mol. The zero-order valence-electron chi connectivity index (χ0n) is 9.60. The fraction of sp³-hybridized carbons (Fsp3) is 0.455. The van der Waals surface area contributed by atoms with Crippen molar-refractivity contribution in [3.8, 4) is 0 Å². The lowest BCUT2D eigenvalue weighted by Gasteiger charge is -2.10. The molecule has 0 saturated heterocycles. The van der Waals surface area contributed by atoms with Gasteiger partial charge in [-0.05, 0) is 23.6 Å². The molecule has 0 saturated carbocycles. The lowest BCUT2D eigenvalue weighted by molar-refractivity contribution is 0.587. The molecule has 5 heteroatoms. The third-order valence-corrected chi connectivity index (χ3v) is 3.64. The predicted molar refractivity (Wildman–Crippen MR) is 66.6 cm³/mol. The van der Waals surface area contributed by atoms with Crippen LogP contribution in [-0.2, 0) is 16.6 Å². The number of sulfonamides is 1. The number of hydrogen-bond acceptors (Lipinski definition) is 3. The molecule has 0 aromatic heterocycles. The number of rotatable bonds is 5. The summed E-state index contributed by atoms with van der Waals surface area (Å²) in [6, 6.07) is 7.12. The lowest BCUT2D eigenvalue weighted by atomic mass is 10.2. The van der Waals surface area contributed by atoms with Crippen LogP contribution in [0.5, 0.6) is 0 Å². The van der Waals surface area contributed by atoms with Gasteiger partial charge in [0, 0.05) is 12.2 Å². The van der Waals surface area contributed by atoms with Crippen molar-refractivity contribution in [2.24, 2.45) is 11.7 Å². The van der Waals surface area contributed by atoms with Crippen LogP contribution in [0.1, 0.15) is 19.4 Å². The van der Waals surface area contributed by atoms with E-state index < -0.39 is 10.0 Å². The summed E-state index contributed by atoms with van der Waals surface area (Å²) in [6.45, 7) is 4.14. The average molecular weight is 242 g/mol. The minimum absolute atomic E-state index is 0.107. The molecule has 3 N–H and O–H groups in total. The van der Waals surface area contributed by atoms with Crippen LogP contribution in [-0.4, -0.2) is 14.2 Å². The molecule has 0 bridgehead atoms. The van der Waals surface area contributed by atoms with E-state index in [4.69, 9.17) is 5.73 Å². The lowest BCUT2D eigenvalue weighted by Crippen LogP contribution is -2.20. The predicted octanol–water partition coefficient (Wildman–Crippen LogP) is 1.54. The van der Waals surface area contributed by atoms with E-state index >= 15 is 0 Å². The second kappa shape index (κ2) is 5.32. The van der Waals surface area contributed by atoms with Gasteiger partial charge in [-0.25, -0.2) is 8.42 Å². The molecule has 0 aliphatic carbocycles. The molecule has 0 aliphatic heterocycles. The first kappa shape index (κ1) is 13.0. The van der Waals surface area contributed by atoms with E-state index in [1.165, 1.54) is 0 Å². The first-order valence-electron chi connectivity index (χ1n) is 5.22. The number of anilines is 1. The fourth-order valence-corrected chi connectivity index (χ4v) is 2.87. The van der Waals surface area contributed by atoms with Gasteiger partial charge in [-0.2, -0.15) is 0 Å². The van der Waals surface area contributed by atoms with Crippen LogP contribution in [0, 0.1) is 5.92 Å². The summed E-state index contributed by atoms with van der Waals surface area (Å²) in [5.74, 6) is 0.232. The number of hydrogen-bond donors (Lipinski definition) is 2. The zero-order valence-corrected chi connectivity index (χ0v) is 10.4. The normalized spacial score (nSPS) is 11.8. The van der Waals surface area contributed by atoms with E-state index in [0.717, 1.165) is 5.56 Å². The minimum Gasteiger partial charge on any atom is -0.326 e. The molecule has 1 rings (SSSR count). The van der Waals surface area contributed by atoms with E-state index in [0.29, 0.717) is 12.2 Å². The average Bonchev–Trinajstić information content (AvgIpc) is 2.15. The van der Waals surface area contributed by atoms with Crippen LogP contribution in [0.25, 0.3) is 0 Å². The Bertz CT molecular complexity index is 441. The topological polar surface area (TPSA) is 72.2 Å². The summed E-state index contributed by atoms with van der Waals surface area (Å²) in [4.78, 5) is 0. The van der Waals surface area contributed by atoms with Gasteiger partial charge in [0.25, 0.3) is 0 Å². The third kappa shape index (κ3) is 4.20. The second-order valence-corrected chi connectivity index (χ2v) is 5.95. The van der Waals surface area contributed by atoms with Crippen LogP contribution in [0.4, 0.5) is 5.69 Å². The third-order valence-electron chi connectivity index (χ3n) is 1.99. The molecule has 0 unspecified atom stereocenters. The van der Waals surface area contributed by atoms with Crippen LogP contribution in [0.2, 0.25) is 0 Å². The van der Waals surface area contributed by atoms with E-state index in [-0.39, 0.29) is 11.7 Å². The van der Waals surface area contributed by atoms with Gasteiger partial charge >= 0.3 is 0 Å². The molecule has 16 heavy (non-hydrogen) atoms. The Morgan fingerprint density at radius 2 is 2.06 bits per heavy atom. The van der Waals surface area contributed by atoms with E-state index in [2.05, 4.69) is 4.72 Å². The molecule has 4 nitrogen and oxygen atoms in total. The van der Waals surface area contributed by atoms with Gasteiger partial charge in [0.1, 0.15) is 0 Å². The maximum atomic E-state index is 11.7. The molecule has 0 heterocycles. The molecule has 0 amide bonds. The summed E-state index contributed by atoms with van der Waals surface area (Å²) in [6.07, 6.45) is 0. The largest absolute Gasteiger partial charge is 0.326 e. The summed E-state index contributed by atoms with van der Waals surface area (Å²) in [5, 5.41) is 0. The van der Waals surface area contributed by atoms with Crippen molar-refractivity contribution in [2.45, 2.75) is 20.4 Å². The fourth-order valence-electron chi connectivity index (χ4n) is 1.42. The Kier molecular flexibility index (Phi) is 4.32. The minimum atomic E-state index is -3.25. The van der Waals surface area contributed by atoms with Crippen molar-refractivity contribution in [3.63, 3.8) is 0 Å². The van der Waals surface area contributed by atoms with Gasteiger partial charge in [-0.1, -0.05) is 26.0 Å². The van der Waals surface area contributed by atoms with Gasteiger partial charge in [0.2, 0.25) is 10.0 Å². The first-order valence-corrected chi connectivity index (χ1v) is 6.87. The molecule has 0 radical (unpaired) electrons. The van der Waals surface area contributed by atoms with Gasteiger partial charge in [0.15, 0.2) is 0 Å². The highest BCUT2D eigenvalue weighted by atomic mass is 32.2. The molecule has 90 valence electrons. The summed E-state index contributed by atoms with van der Waals surface area (Å²) < 4.78 is 25.9. The van der Waals surface area contributed by atoms with Crippen LogP contribution in [0.3, 0.4) is 0 Å². The molecule has 0 spiro atoms. The van der Waals surface area contributed by atoms with Crippen molar-refractivity contribution in [1.82, 2.24) is 0 Å². The van der Waals surface area contributed by atoms with Crippen molar-refractivity contribution < 1.29 is 8.42 Å². The van der Waals surface area contributed by atoms with Gasteiger partial charge in [0.05, 0.1) is 5.75 Å². The molecule has 0 fully saturated rings. The van der Waals surface area contributed by atoms with Gasteiger partial charge in [-0.15, -0.1) is 0 Å². The Balaban J connectivity index is 2.80. The number of nitrogens with one attached hydrogen (secondary N) is 1. The van der Waals surface area contributed by atoms with Crippen molar-refractivity contribution >= 4 is 15.7 Å². The molecule has 1 aromatic rings. The highest BCUT2D eigenvalue weighted by Crippen LogP contribution is 2.13. The molecule has 0 aliphatic rings. The van der Waals surface area contributed by atoms with Gasteiger partial charge < -0.3 is 5.73 Å².